The van der Waals surface area contributed by atoms with E-state index >= 15 is 0 Å². The Morgan fingerprint density at radius 1 is 1.56 bits per heavy atom. The molecule has 0 radical (unpaired) electrons. The molecule has 0 aliphatic carbocycles. The molecule has 1 saturated heterocycles. The highest BCUT2D eigenvalue weighted by molar-refractivity contribution is 6.29. The van der Waals surface area contributed by atoms with Gasteiger partial charge in [0.15, 0.2) is 0 Å². The molecule has 1 aromatic heterocycles. The van der Waals surface area contributed by atoms with Gasteiger partial charge in [-0.1, -0.05) is 31.9 Å². The summed E-state index contributed by atoms with van der Waals surface area (Å²) in [7, 11) is 0. The van der Waals surface area contributed by atoms with Crippen molar-refractivity contribution >= 4 is 11.6 Å². The first-order chi connectivity index (χ1) is 7.68. The Kier molecular flexibility index (Phi) is 3.87. The molecule has 90 valence electrons. The summed E-state index contributed by atoms with van der Waals surface area (Å²) in [6.45, 7) is 6.40. The van der Waals surface area contributed by atoms with Gasteiger partial charge >= 0.3 is 0 Å². The third-order valence-corrected chi connectivity index (χ3v) is 3.47. The Hall–Kier alpha value is -0.540. The molecule has 16 heavy (non-hydrogen) atoms. The predicted octanol–water partition coefficient (Wildman–Crippen LogP) is 2.80. The molecule has 1 unspecified atom stereocenters. The maximum Gasteiger partial charge on any atom is 0.128 e. The third kappa shape index (κ3) is 2.58. The molecule has 2 heterocycles. The number of rotatable bonds is 3. The van der Waals surface area contributed by atoms with E-state index in [0.717, 1.165) is 24.1 Å². The molecule has 1 aromatic rings. The highest BCUT2D eigenvalue weighted by Gasteiger charge is 2.17. The maximum absolute atomic E-state index is 6.18. The van der Waals surface area contributed by atoms with Crippen LogP contribution in [0.5, 0.6) is 0 Å². The van der Waals surface area contributed by atoms with Crippen molar-refractivity contribution in [2.75, 3.05) is 6.54 Å². The fraction of sp³-hybridized carbons (Fsp3) is 0.750. The normalized spacial score (nSPS) is 21.6. The Bertz CT molecular complexity index is 340. The standard InChI is InChI=1S/C12H20ClN3/c1-9(2)12-15-7-11(13)16(12)8-10-5-3-4-6-14-10/h7,9-10,14H,3-6,8H2,1-2H3. The molecule has 1 fully saturated rings. The maximum atomic E-state index is 6.18. The zero-order chi connectivity index (χ0) is 11.5. The lowest BCUT2D eigenvalue weighted by molar-refractivity contribution is 0.358. The van der Waals surface area contributed by atoms with Gasteiger partial charge in [0.2, 0.25) is 0 Å². The molecule has 0 amide bonds. The van der Waals surface area contributed by atoms with Crippen molar-refractivity contribution in [2.24, 2.45) is 0 Å². The third-order valence-electron chi connectivity index (χ3n) is 3.17. The lowest BCUT2D eigenvalue weighted by Crippen LogP contribution is -2.37. The van der Waals surface area contributed by atoms with E-state index in [-0.39, 0.29) is 0 Å². The van der Waals surface area contributed by atoms with E-state index in [2.05, 4.69) is 28.7 Å². The summed E-state index contributed by atoms with van der Waals surface area (Å²) in [5.74, 6) is 1.52. The number of aromatic nitrogens is 2. The molecule has 0 spiro atoms. The van der Waals surface area contributed by atoms with Crippen LogP contribution >= 0.6 is 11.6 Å². The Labute approximate surface area is 102 Å². The number of hydrogen-bond acceptors (Lipinski definition) is 2. The summed E-state index contributed by atoms with van der Waals surface area (Å²) in [6.07, 6.45) is 5.62. The number of imidazole rings is 1. The van der Waals surface area contributed by atoms with E-state index in [1.807, 2.05) is 0 Å². The van der Waals surface area contributed by atoms with Crippen LogP contribution in [-0.2, 0) is 6.54 Å². The molecule has 1 aliphatic heterocycles. The van der Waals surface area contributed by atoms with Crippen molar-refractivity contribution in [3.63, 3.8) is 0 Å². The lowest BCUT2D eigenvalue weighted by atomic mass is 10.0. The van der Waals surface area contributed by atoms with Crippen LogP contribution < -0.4 is 5.32 Å². The fourth-order valence-corrected chi connectivity index (χ4v) is 2.51. The molecular formula is C12H20ClN3. The van der Waals surface area contributed by atoms with Crippen LogP contribution in [0.3, 0.4) is 0 Å². The van der Waals surface area contributed by atoms with Crippen molar-refractivity contribution in [1.82, 2.24) is 14.9 Å². The van der Waals surface area contributed by atoms with Crippen molar-refractivity contribution in [1.29, 1.82) is 0 Å². The van der Waals surface area contributed by atoms with Crippen LogP contribution in [0.4, 0.5) is 0 Å². The Morgan fingerprint density at radius 2 is 2.38 bits per heavy atom. The van der Waals surface area contributed by atoms with Crippen LogP contribution in [0.15, 0.2) is 6.20 Å². The van der Waals surface area contributed by atoms with Crippen molar-refractivity contribution in [2.45, 2.75) is 51.6 Å². The summed E-state index contributed by atoms with van der Waals surface area (Å²) in [4.78, 5) is 4.38. The second-order valence-electron chi connectivity index (χ2n) is 4.85. The molecule has 1 N–H and O–H groups in total. The van der Waals surface area contributed by atoms with Gasteiger partial charge in [0.05, 0.1) is 6.20 Å². The van der Waals surface area contributed by atoms with E-state index in [9.17, 15) is 0 Å². The average Bonchev–Trinajstić information content (AvgIpc) is 2.62. The van der Waals surface area contributed by atoms with E-state index in [1.54, 1.807) is 6.20 Å². The van der Waals surface area contributed by atoms with Gasteiger partial charge in [0.1, 0.15) is 11.0 Å². The highest BCUT2D eigenvalue weighted by Crippen LogP contribution is 2.20. The summed E-state index contributed by atoms with van der Waals surface area (Å²) in [5, 5.41) is 4.30. The van der Waals surface area contributed by atoms with Crippen LogP contribution in [0, 0.1) is 0 Å². The van der Waals surface area contributed by atoms with Crippen LogP contribution in [0.25, 0.3) is 0 Å². The molecule has 0 saturated carbocycles. The van der Waals surface area contributed by atoms with Crippen molar-refractivity contribution in [3.8, 4) is 0 Å². The second kappa shape index (κ2) is 5.19. The minimum absolute atomic E-state index is 0.427. The van der Waals surface area contributed by atoms with Gasteiger partial charge in [-0.05, 0) is 19.4 Å². The fourth-order valence-electron chi connectivity index (χ4n) is 2.31. The quantitative estimate of drug-likeness (QED) is 0.882. The van der Waals surface area contributed by atoms with Crippen molar-refractivity contribution < 1.29 is 0 Å². The Morgan fingerprint density at radius 3 is 3.00 bits per heavy atom. The molecule has 1 atom stereocenters. The summed E-state index contributed by atoms with van der Waals surface area (Å²) >= 11 is 6.18. The number of hydrogen-bond donors (Lipinski definition) is 1. The minimum Gasteiger partial charge on any atom is -0.317 e. The summed E-state index contributed by atoms with van der Waals surface area (Å²) in [5.41, 5.74) is 0. The van der Waals surface area contributed by atoms with Crippen LogP contribution in [0.2, 0.25) is 5.15 Å². The smallest absolute Gasteiger partial charge is 0.128 e. The number of nitrogens with zero attached hydrogens (tertiary/aromatic N) is 2. The molecule has 1 aliphatic rings. The SMILES string of the molecule is CC(C)c1ncc(Cl)n1CC1CCCCN1. The van der Waals surface area contributed by atoms with Crippen LogP contribution in [-0.4, -0.2) is 22.1 Å². The molecule has 3 nitrogen and oxygen atoms in total. The van der Waals surface area contributed by atoms with Gasteiger partial charge < -0.3 is 9.88 Å². The highest BCUT2D eigenvalue weighted by atomic mass is 35.5. The van der Waals surface area contributed by atoms with Crippen molar-refractivity contribution in [3.05, 3.63) is 17.2 Å². The molecule has 0 aromatic carbocycles. The van der Waals surface area contributed by atoms with Gasteiger partial charge in [0.25, 0.3) is 0 Å². The number of nitrogens with one attached hydrogen (secondary N) is 1. The molecule has 4 heteroatoms. The van der Waals surface area contributed by atoms with E-state index in [0.29, 0.717) is 12.0 Å². The zero-order valence-corrected chi connectivity index (χ0v) is 10.8. The molecular weight excluding hydrogens is 222 g/mol. The predicted molar refractivity (Wildman–Crippen MR) is 67.0 cm³/mol. The Balaban J connectivity index is 2.09. The van der Waals surface area contributed by atoms with E-state index in [4.69, 9.17) is 11.6 Å². The molecule has 0 bridgehead atoms. The largest absolute Gasteiger partial charge is 0.317 e. The zero-order valence-electron chi connectivity index (χ0n) is 10.0. The summed E-state index contributed by atoms with van der Waals surface area (Å²) < 4.78 is 2.15. The first kappa shape index (κ1) is 11.9. The number of piperidine rings is 1. The monoisotopic (exact) mass is 241 g/mol. The van der Waals surface area contributed by atoms with Crippen LogP contribution in [0.1, 0.15) is 44.9 Å². The van der Waals surface area contributed by atoms with Gasteiger partial charge in [-0.3, -0.25) is 0 Å². The topological polar surface area (TPSA) is 29.9 Å². The second-order valence-corrected chi connectivity index (χ2v) is 5.24. The van der Waals surface area contributed by atoms with E-state index in [1.165, 1.54) is 19.3 Å². The minimum atomic E-state index is 0.427. The molecule has 2 rings (SSSR count). The van der Waals surface area contributed by atoms with Gasteiger partial charge in [-0.2, -0.15) is 0 Å². The first-order valence-electron chi connectivity index (χ1n) is 6.13. The average molecular weight is 242 g/mol. The first-order valence-corrected chi connectivity index (χ1v) is 6.50. The van der Waals surface area contributed by atoms with Gasteiger partial charge in [-0.25, -0.2) is 4.98 Å². The summed E-state index contributed by atoms with van der Waals surface area (Å²) in [6, 6.07) is 0.554. The van der Waals surface area contributed by atoms with Gasteiger partial charge in [-0.15, -0.1) is 0 Å². The lowest BCUT2D eigenvalue weighted by Gasteiger charge is -2.25. The van der Waals surface area contributed by atoms with E-state index < -0.39 is 0 Å². The van der Waals surface area contributed by atoms with Gasteiger partial charge in [0, 0.05) is 18.5 Å². The number of halogens is 1.